The van der Waals surface area contributed by atoms with Crippen molar-refractivity contribution in [1.29, 1.82) is 10.7 Å². The molecule has 0 unspecified atom stereocenters. The van der Waals surface area contributed by atoms with Gasteiger partial charge in [0, 0.05) is 28.0 Å². The first-order chi connectivity index (χ1) is 15.5. The predicted octanol–water partition coefficient (Wildman–Crippen LogP) is 6.96. The van der Waals surface area contributed by atoms with Crippen molar-refractivity contribution >= 4 is 28.0 Å². The van der Waals surface area contributed by atoms with Gasteiger partial charge in [-0.3, -0.25) is 0 Å². The van der Waals surface area contributed by atoms with Gasteiger partial charge in [0.15, 0.2) is 0 Å². The Kier molecular flexibility index (Phi) is 3.73. The number of aromatic nitrogens is 1. The third-order valence-electron chi connectivity index (χ3n) is 6.93. The number of hydrogen-bond donors (Lipinski definition) is 1. The first-order valence-corrected chi connectivity index (χ1v) is 10.8. The molecule has 0 saturated carbocycles. The molecule has 0 atom stereocenters. The van der Waals surface area contributed by atoms with Crippen LogP contribution < -0.4 is 0 Å². The zero-order valence-corrected chi connectivity index (χ0v) is 18.0. The normalized spacial score (nSPS) is 13.7. The fourth-order valence-electron chi connectivity index (χ4n) is 5.35. The van der Waals surface area contributed by atoms with Gasteiger partial charge in [0.1, 0.15) is 0 Å². The molecule has 32 heavy (non-hydrogen) atoms. The van der Waals surface area contributed by atoms with Crippen LogP contribution in [0.15, 0.2) is 78.9 Å². The van der Waals surface area contributed by atoms with Crippen molar-refractivity contribution in [2.24, 2.45) is 0 Å². The molecule has 1 aromatic heterocycles. The monoisotopic (exact) mass is 411 g/mol. The average Bonchev–Trinajstić information content (AvgIpc) is 3.27. The zero-order chi connectivity index (χ0) is 22.0. The van der Waals surface area contributed by atoms with Crippen LogP contribution in [0, 0.1) is 16.7 Å². The summed E-state index contributed by atoms with van der Waals surface area (Å²) in [6.07, 6.45) is 1.37. The fourth-order valence-corrected chi connectivity index (χ4v) is 5.35. The van der Waals surface area contributed by atoms with Crippen LogP contribution in [0.5, 0.6) is 0 Å². The predicted molar refractivity (Wildman–Crippen MR) is 131 cm³/mol. The first-order valence-electron chi connectivity index (χ1n) is 10.8. The first kappa shape index (κ1) is 18.6. The maximum atomic E-state index is 9.53. The molecule has 0 saturated heterocycles. The Morgan fingerprint density at radius 3 is 2.41 bits per heavy atom. The Hall–Kier alpha value is -4.16. The Labute approximate surface area is 186 Å². The number of rotatable bonds is 2. The van der Waals surface area contributed by atoms with Crippen molar-refractivity contribution in [3.05, 3.63) is 101 Å². The Morgan fingerprint density at radius 2 is 1.59 bits per heavy atom. The van der Waals surface area contributed by atoms with Crippen LogP contribution in [-0.2, 0) is 5.41 Å². The van der Waals surface area contributed by atoms with Crippen molar-refractivity contribution in [3.8, 4) is 22.9 Å². The summed E-state index contributed by atoms with van der Waals surface area (Å²) in [5, 5.41) is 19.9. The van der Waals surface area contributed by atoms with Crippen molar-refractivity contribution in [2.45, 2.75) is 19.3 Å². The minimum absolute atomic E-state index is 0.0969. The molecule has 6 rings (SSSR count). The fraction of sp³-hybridized carbons (Fsp3) is 0.103. The summed E-state index contributed by atoms with van der Waals surface area (Å²) in [6.45, 7) is 4.58. The van der Waals surface area contributed by atoms with Crippen LogP contribution in [0.25, 0.3) is 38.6 Å². The van der Waals surface area contributed by atoms with Gasteiger partial charge in [-0.15, -0.1) is 0 Å². The molecule has 1 heterocycles. The van der Waals surface area contributed by atoms with E-state index in [1.807, 2.05) is 18.2 Å². The number of fused-ring (bicyclic) bond motifs is 6. The molecule has 0 fully saturated rings. The van der Waals surface area contributed by atoms with Gasteiger partial charge in [-0.2, -0.15) is 5.26 Å². The summed E-state index contributed by atoms with van der Waals surface area (Å²) < 4.78 is 2.21. The third-order valence-corrected chi connectivity index (χ3v) is 6.93. The van der Waals surface area contributed by atoms with Crippen molar-refractivity contribution in [1.82, 2.24) is 4.57 Å². The van der Waals surface area contributed by atoms with E-state index < -0.39 is 0 Å². The Balaban J connectivity index is 1.79. The highest BCUT2D eigenvalue weighted by Gasteiger charge is 2.36. The summed E-state index contributed by atoms with van der Waals surface area (Å²) >= 11 is 0. The second-order valence-electron chi connectivity index (χ2n) is 8.97. The quantitative estimate of drug-likeness (QED) is 0.314. The lowest BCUT2D eigenvalue weighted by Gasteiger charge is -2.21. The molecule has 1 aliphatic rings. The Bertz CT molecular complexity index is 1630. The van der Waals surface area contributed by atoms with E-state index in [0.717, 1.165) is 22.3 Å². The van der Waals surface area contributed by atoms with E-state index in [4.69, 9.17) is 5.41 Å². The van der Waals surface area contributed by atoms with Crippen LogP contribution >= 0.6 is 0 Å². The maximum absolute atomic E-state index is 9.53. The van der Waals surface area contributed by atoms with E-state index in [9.17, 15) is 5.26 Å². The highest BCUT2D eigenvalue weighted by molar-refractivity contribution is 6.12. The van der Waals surface area contributed by atoms with Gasteiger partial charge in [-0.05, 0) is 52.6 Å². The summed E-state index contributed by atoms with van der Waals surface area (Å²) in [5.41, 5.74) is 9.57. The standard InChI is InChI=1S/C29H21N3/c1-29(2)24-9-5-3-7-20(24)22-14-23-21-8-4-6-10-26(21)32(28(23)15-25(22)29)27-13-18(16-30)11-12-19(27)17-31/h3-15,17,31H,1-2H3. The average molecular weight is 412 g/mol. The molecule has 152 valence electrons. The maximum Gasteiger partial charge on any atom is 0.0992 e. The third kappa shape index (κ3) is 2.32. The van der Waals surface area contributed by atoms with Gasteiger partial charge >= 0.3 is 0 Å². The van der Waals surface area contributed by atoms with Gasteiger partial charge < -0.3 is 9.98 Å². The SMILES string of the molecule is CC1(C)c2ccccc2-c2cc3c4ccccc4n(-c4cc(C#N)ccc4C=N)c3cc21. The lowest BCUT2D eigenvalue weighted by molar-refractivity contribution is 0.661. The zero-order valence-electron chi connectivity index (χ0n) is 18.0. The smallest absolute Gasteiger partial charge is 0.0992 e. The number of hydrogen-bond acceptors (Lipinski definition) is 2. The van der Waals surface area contributed by atoms with Crippen molar-refractivity contribution in [3.63, 3.8) is 0 Å². The largest absolute Gasteiger partial charge is 0.309 e. The summed E-state index contributed by atoms with van der Waals surface area (Å²) in [6, 6.07) is 29.5. The lowest BCUT2D eigenvalue weighted by atomic mass is 9.82. The van der Waals surface area contributed by atoms with Crippen LogP contribution in [0.2, 0.25) is 0 Å². The van der Waals surface area contributed by atoms with Crippen LogP contribution in [-0.4, -0.2) is 10.8 Å². The number of nitriles is 1. The van der Waals surface area contributed by atoms with E-state index in [-0.39, 0.29) is 5.41 Å². The van der Waals surface area contributed by atoms with Gasteiger partial charge in [-0.25, -0.2) is 0 Å². The molecule has 5 aromatic rings. The van der Waals surface area contributed by atoms with Gasteiger partial charge in [-0.1, -0.05) is 62.4 Å². The van der Waals surface area contributed by atoms with Crippen LogP contribution in [0.4, 0.5) is 0 Å². The minimum Gasteiger partial charge on any atom is -0.309 e. The minimum atomic E-state index is -0.0969. The molecule has 0 aliphatic heterocycles. The van der Waals surface area contributed by atoms with E-state index in [0.29, 0.717) is 5.56 Å². The second-order valence-corrected chi connectivity index (χ2v) is 8.97. The molecule has 0 amide bonds. The number of para-hydroxylation sites is 1. The van der Waals surface area contributed by atoms with Crippen molar-refractivity contribution < 1.29 is 0 Å². The van der Waals surface area contributed by atoms with E-state index in [1.54, 1.807) is 6.07 Å². The molecule has 0 bridgehead atoms. The lowest BCUT2D eigenvalue weighted by Crippen LogP contribution is -2.15. The summed E-state index contributed by atoms with van der Waals surface area (Å²) in [4.78, 5) is 0. The number of nitrogens with one attached hydrogen (secondary N) is 1. The molecule has 0 radical (unpaired) electrons. The Morgan fingerprint density at radius 1 is 0.812 bits per heavy atom. The van der Waals surface area contributed by atoms with E-state index >= 15 is 0 Å². The summed E-state index contributed by atoms with van der Waals surface area (Å²) in [5.74, 6) is 0. The molecule has 1 N–H and O–H groups in total. The second kappa shape index (κ2) is 6.42. The van der Waals surface area contributed by atoms with E-state index in [2.05, 4.69) is 79.1 Å². The highest BCUT2D eigenvalue weighted by Crippen LogP contribution is 2.50. The molecule has 1 aliphatic carbocycles. The van der Waals surface area contributed by atoms with Gasteiger partial charge in [0.25, 0.3) is 0 Å². The molecular formula is C29H21N3. The topological polar surface area (TPSA) is 52.6 Å². The van der Waals surface area contributed by atoms with E-state index in [1.165, 1.54) is 39.2 Å². The molecule has 0 spiro atoms. The van der Waals surface area contributed by atoms with Crippen LogP contribution in [0.1, 0.15) is 36.1 Å². The molecule has 3 nitrogen and oxygen atoms in total. The molecule has 3 heteroatoms. The number of benzene rings is 4. The van der Waals surface area contributed by atoms with Crippen molar-refractivity contribution in [2.75, 3.05) is 0 Å². The highest BCUT2D eigenvalue weighted by atomic mass is 15.0. The molecule has 4 aromatic carbocycles. The van der Waals surface area contributed by atoms with Crippen LogP contribution in [0.3, 0.4) is 0 Å². The molecular weight excluding hydrogens is 390 g/mol. The summed E-state index contributed by atoms with van der Waals surface area (Å²) in [7, 11) is 0. The number of nitrogens with zero attached hydrogens (tertiary/aromatic N) is 2. The van der Waals surface area contributed by atoms with Gasteiger partial charge in [0.2, 0.25) is 0 Å². The van der Waals surface area contributed by atoms with Gasteiger partial charge in [0.05, 0.1) is 28.4 Å².